The lowest BCUT2D eigenvalue weighted by molar-refractivity contribution is -0.137. The summed E-state index contributed by atoms with van der Waals surface area (Å²) in [6.45, 7) is 0.649. The third-order valence-corrected chi connectivity index (χ3v) is 6.28. The van der Waals surface area contributed by atoms with E-state index < -0.39 is 30.2 Å². The summed E-state index contributed by atoms with van der Waals surface area (Å²) in [6.07, 6.45) is 0.711. The molecule has 4 nitrogen and oxygen atoms in total. The van der Waals surface area contributed by atoms with Crippen LogP contribution in [0.15, 0.2) is 42.5 Å². The van der Waals surface area contributed by atoms with Crippen LogP contribution in [0.3, 0.4) is 0 Å². The first-order valence-corrected chi connectivity index (χ1v) is 10.3. The van der Waals surface area contributed by atoms with Crippen LogP contribution in [0.1, 0.15) is 29.9 Å². The number of nitrogens with zero attached hydrogens (tertiary/aromatic N) is 2. The number of benzene rings is 2. The summed E-state index contributed by atoms with van der Waals surface area (Å²) in [5.74, 6) is -4.59. The van der Waals surface area contributed by atoms with Gasteiger partial charge in [-0.15, -0.1) is 0 Å². The van der Waals surface area contributed by atoms with Crippen molar-refractivity contribution in [1.29, 1.82) is 0 Å². The predicted octanol–water partition coefficient (Wildman–Crippen LogP) is 4.41. The number of amides is 1. The first kappa shape index (κ1) is 21.0. The quantitative estimate of drug-likeness (QED) is 0.769. The molecule has 30 heavy (non-hydrogen) atoms. The Balaban J connectivity index is 1.42. The van der Waals surface area contributed by atoms with Gasteiger partial charge in [0.05, 0.1) is 23.5 Å². The van der Waals surface area contributed by atoms with Crippen molar-refractivity contribution in [1.82, 2.24) is 9.80 Å². The van der Waals surface area contributed by atoms with E-state index >= 15 is 0 Å². The molecule has 0 aliphatic carbocycles. The SMILES string of the molecule is O=C1C(N2CCC(c3ccc(O)cc3)C(F)(F)C2)CCN1Cc1ccc(F)c(Cl)c1. The summed E-state index contributed by atoms with van der Waals surface area (Å²) in [5.41, 5.74) is 1.19. The molecule has 2 saturated heterocycles. The number of halogens is 4. The number of piperidine rings is 1. The number of aromatic hydroxyl groups is 1. The fourth-order valence-corrected chi connectivity index (χ4v) is 4.63. The molecule has 4 rings (SSSR count). The molecule has 2 heterocycles. The van der Waals surface area contributed by atoms with E-state index in [9.17, 15) is 23.1 Å². The Bertz CT molecular complexity index is 938. The third kappa shape index (κ3) is 4.14. The lowest BCUT2D eigenvalue weighted by Gasteiger charge is -2.40. The van der Waals surface area contributed by atoms with E-state index in [0.717, 1.165) is 0 Å². The average Bonchev–Trinajstić information content (AvgIpc) is 3.05. The third-order valence-electron chi connectivity index (χ3n) is 5.99. The zero-order valence-electron chi connectivity index (χ0n) is 16.2. The molecule has 160 valence electrons. The molecule has 8 heteroatoms. The summed E-state index contributed by atoms with van der Waals surface area (Å²) in [7, 11) is 0. The lowest BCUT2D eigenvalue weighted by atomic mass is 9.85. The molecule has 2 aromatic rings. The van der Waals surface area contributed by atoms with Gasteiger partial charge in [0.1, 0.15) is 11.6 Å². The highest BCUT2D eigenvalue weighted by molar-refractivity contribution is 6.30. The number of carbonyl (C=O) groups excluding carboxylic acids is 1. The second-order valence-corrected chi connectivity index (χ2v) is 8.38. The summed E-state index contributed by atoms with van der Waals surface area (Å²) in [5, 5.41) is 9.39. The first-order chi connectivity index (χ1) is 14.2. The van der Waals surface area contributed by atoms with Gasteiger partial charge >= 0.3 is 0 Å². The van der Waals surface area contributed by atoms with Gasteiger partial charge in [0.15, 0.2) is 0 Å². The minimum absolute atomic E-state index is 0.00774. The normalized spacial score (nSPS) is 24.4. The van der Waals surface area contributed by atoms with E-state index in [1.54, 1.807) is 15.9 Å². The van der Waals surface area contributed by atoms with Crippen molar-refractivity contribution in [2.75, 3.05) is 19.6 Å². The largest absolute Gasteiger partial charge is 0.508 e. The van der Waals surface area contributed by atoms with Crippen molar-refractivity contribution in [3.63, 3.8) is 0 Å². The Labute approximate surface area is 177 Å². The lowest BCUT2D eigenvalue weighted by Crippen LogP contribution is -2.53. The topological polar surface area (TPSA) is 43.8 Å². The minimum Gasteiger partial charge on any atom is -0.508 e. The van der Waals surface area contributed by atoms with Gasteiger partial charge < -0.3 is 10.0 Å². The van der Waals surface area contributed by atoms with Gasteiger partial charge in [-0.25, -0.2) is 13.2 Å². The molecule has 0 spiro atoms. The Hall–Kier alpha value is -2.25. The molecule has 2 atom stereocenters. The zero-order valence-corrected chi connectivity index (χ0v) is 17.0. The Kier molecular flexibility index (Phi) is 5.68. The highest BCUT2D eigenvalue weighted by Crippen LogP contribution is 2.42. The predicted molar refractivity (Wildman–Crippen MR) is 107 cm³/mol. The van der Waals surface area contributed by atoms with Gasteiger partial charge in [0.25, 0.3) is 5.92 Å². The molecule has 0 bridgehead atoms. The molecule has 2 aromatic carbocycles. The van der Waals surface area contributed by atoms with Gasteiger partial charge in [0, 0.05) is 13.1 Å². The standard InChI is InChI=1S/C22H22ClF3N2O2/c23-18-11-14(1-6-19(18)24)12-27-10-8-20(21(27)30)28-9-7-17(22(25,26)13-28)15-2-4-16(29)5-3-15/h1-6,11,17,20,29H,7-10,12-13H2. The average molecular weight is 439 g/mol. The van der Waals surface area contributed by atoms with Crippen molar-refractivity contribution in [2.24, 2.45) is 0 Å². The Morgan fingerprint density at radius 1 is 1.10 bits per heavy atom. The highest BCUT2D eigenvalue weighted by Gasteiger charge is 2.49. The molecular formula is C22H22ClF3N2O2. The van der Waals surface area contributed by atoms with Crippen LogP contribution >= 0.6 is 11.6 Å². The van der Waals surface area contributed by atoms with Gasteiger partial charge in [-0.3, -0.25) is 9.69 Å². The Morgan fingerprint density at radius 3 is 2.50 bits per heavy atom. The molecule has 2 fully saturated rings. The van der Waals surface area contributed by atoms with Crippen LogP contribution in [0.5, 0.6) is 5.75 Å². The number of hydrogen-bond donors (Lipinski definition) is 1. The number of hydrogen-bond acceptors (Lipinski definition) is 3. The van der Waals surface area contributed by atoms with E-state index in [-0.39, 0.29) is 29.6 Å². The number of phenols is 1. The summed E-state index contributed by atoms with van der Waals surface area (Å²) >= 11 is 5.81. The molecule has 2 unspecified atom stereocenters. The monoisotopic (exact) mass is 438 g/mol. The van der Waals surface area contributed by atoms with Crippen LogP contribution in [0.25, 0.3) is 0 Å². The van der Waals surface area contributed by atoms with Crippen LogP contribution in [0, 0.1) is 5.82 Å². The molecule has 0 aromatic heterocycles. The smallest absolute Gasteiger partial charge is 0.267 e. The first-order valence-electron chi connectivity index (χ1n) is 9.88. The van der Waals surface area contributed by atoms with Gasteiger partial charge in [-0.05, 0) is 54.8 Å². The molecule has 1 N–H and O–H groups in total. The van der Waals surface area contributed by atoms with Gasteiger partial charge in [0.2, 0.25) is 5.91 Å². The van der Waals surface area contributed by atoms with Crippen molar-refractivity contribution >= 4 is 17.5 Å². The zero-order chi connectivity index (χ0) is 21.5. The molecule has 1 amide bonds. The summed E-state index contributed by atoms with van der Waals surface area (Å²) in [6, 6.07) is 9.61. The van der Waals surface area contributed by atoms with Crippen LogP contribution in [-0.4, -0.2) is 52.4 Å². The van der Waals surface area contributed by atoms with E-state index in [1.807, 2.05) is 0 Å². The van der Waals surface area contributed by atoms with Crippen LogP contribution in [0.2, 0.25) is 5.02 Å². The van der Waals surface area contributed by atoms with Crippen molar-refractivity contribution in [3.8, 4) is 5.75 Å². The maximum atomic E-state index is 14.9. The van der Waals surface area contributed by atoms with Crippen LogP contribution in [0.4, 0.5) is 13.2 Å². The van der Waals surface area contributed by atoms with E-state index in [0.29, 0.717) is 30.6 Å². The number of rotatable bonds is 4. The number of likely N-dealkylation sites (tertiary alicyclic amines) is 2. The summed E-state index contributed by atoms with van der Waals surface area (Å²) < 4.78 is 43.2. The maximum absolute atomic E-state index is 14.9. The fraction of sp³-hybridized carbons (Fsp3) is 0.409. The molecular weight excluding hydrogens is 417 g/mol. The van der Waals surface area contributed by atoms with E-state index in [2.05, 4.69) is 0 Å². The molecule has 2 aliphatic rings. The fourth-order valence-electron chi connectivity index (χ4n) is 4.43. The second kappa shape index (κ2) is 8.12. The van der Waals surface area contributed by atoms with Gasteiger partial charge in [-0.1, -0.05) is 29.8 Å². The molecule has 0 radical (unpaired) electrons. The Morgan fingerprint density at radius 2 is 1.83 bits per heavy atom. The molecule has 2 aliphatic heterocycles. The molecule has 0 saturated carbocycles. The van der Waals surface area contributed by atoms with Crippen LogP contribution in [-0.2, 0) is 11.3 Å². The number of phenolic OH excluding ortho intramolecular Hbond substituents is 1. The van der Waals surface area contributed by atoms with E-state index in [1.165, 1.54) is 36.4 Å². The highest BCUT2D eigenvalue weighted by atomic mass is 35.5. The minimum atomic E-state index is -2.98. The number of alkyl halides is 2. The second-order valence-electron chi connectivity index (χ2n) is 7.98. The number of carbonyl (C=O) groups is 1. The maximum Gasteiger partial charge on any atom is 0.267 e. The van der Waals surface area contributed by atoms with Crippen molar-refractivity contribution < 1.29 is 23.1 Å². The van der Waals surface area contributed by atoms with Crippen molar-refractivity contribution in [3.05, 3.63) is 64.4 Å². The van der Waals surface area contributed by atoms with E-state index in [4.69, 9.17) is 11.6 Å². The van der Waals surface area contributed by atoms with Crippen molar-refractivity contribution in [2.45, 2.75) is 37.3 Å². The summed E-state index contributed by atoms with van der Waals surface area (Å²) in [4.78, 5) is 16.1. The van der Waals surface area contributed by atoms with Crippen LogP contribution < -0.4 is 0 Å². The van der Waals surface area contributed by atoms with Gasteiger partial charge in [-0.2, -0.15) is 0 Å².